The average Bonchev–Trinajstić information content (AvgIpc) is 2.65. The molecule has 0 aliphatic carbocycles. The van der Waals surface area contributed by atoms with E-state index in [1.165, 1.54) is 0 Å². The predicted molar refractivity (Wildman–Crippen MR) is 67.3 cm³/mol. The Morgan fingerprint density at radius 2 is 1.94 bits per heavy atom. The van der Waals surface area contributed by atoms with E-state index in [-0.39, 0.29) is 11.8 Å². The fourth-order valence-electron chi connectivity index (χ4n) is 1.61. The number of amides is 1. The Kier molecular flexibility index (Phi) is 3.16. The van der Waals surface area contributed by atoms with Crippen LogP contribution in [-0.2, 0) is 0 Å². The summed E-state index contributed by atoms with van der Waals surface area (Å²) in [5, 5.41) is 11.6. The van der Waals surface area contributed by atoms with Gasteiger partial charge in [-0.05, 0) is 26.0 Å². The lowest BCUT2D eigenvalue weighted by Gasteiger charge is -2.01. The molecule has 1 N–H and O–H groups in total. The van der Waals surface area contributed by atoms with Crippen molar-refractivity contribution in [2.75, 3.05) is 5.32 Å². The van der Waals surface area contributed by atoms with E-state index < -0.39 is 0 Å². The third kappa shape index (κ3) is 2.11. The van der Waals surface area contributed by atoms with E-state index in [0.717, 1.165) is 5.56 Å². The Hall–Kier alpha value is -2.54. The number of carbonyl (C=O) groups is 1. The molecule has 90 valence electrons. The van der Waals surface area contributed by atoms with Gasteiger partial charge in [0.25, 0.3) is 5.91 Å². The third-order valence-corrected chi connectivity index (χ3v) is 2.76. The molecule has 1 heterocycles. The number of anilines is 1. The van der Waals surface area contributed by atoms with Crippen LogP contribution in [-0.4, -0.2) is 5.91 Å². The molecule has 2 aromatic rings. The van der Waals surface area contributed by atoms with Crippen LogP contribution in [0.4, 0.5) is 5.88 Å². The minimum Gasteiger partial charge on any atom is -0.444 e. The molecule has 0 saturated heterocycles. The van der Waals surface area contributed by atoms with Crippen molar-refractivity contribution in [1.82, 2.24) is 0 Å². The fraction of sp³-hybridized carbons (Fsp3) is 0.143. The minimum absolute atomic E-state index is 0.210. The summed E-state index contributed by atoms with van der Waals surface area (Å²) in [6.07, 6.45) is 0. The van der Waals surface area contributed by atoms with Crippen LogP contribution in [0.3, 0.4) is 0 Å². The summed E-state index contributed by atoms with van der Waals surface area (Å²) in [4.78, 5) is 11.9. The molecule has 1 amide bonds. The summed E-state index contributed by atoms with van der Waals surface area (Å²) >= 11 is 0. The molecular formula is C14H12N2O2. The molecule has 2 rings (SSSR count). The molecule has 1 aromatic heterocycles. The number of furan rings is 1. The summed E-state index contributed by atoms with van der Waals surface area (Å²) in [5.74, 6) is 0.553. The maximum Gasteiger partial charge on any atom is 0.258 e. The first-order valence-corrected chi connectivity index (χ1v) is 5.50. The Morgan fingerprint density at radius 1 is 1.28 bits per heavy atom. The lowest BCUT2D eigenvalue weighted by atomic mass is 10.2. The molecule has 0 unspecified atom stereocenters. The molecular weight excluding hydrogens is 228 g/mol. The van der Waals surface area contributed by atoms with E-state index in [4.69, 9.17) is 9.68 Å². The highest BCUT2D eigenvalue weighted by molar-refractivity contribution is 6.04. The SMILES string of the molecule is Cc1oc(NC(=O)c2ccccc2)c(C#N)c1C. The Bertz CT molecular complexity index is 621. The molecule has 0 fully saturated rings. The Morgan fingerprint density at radius 3 is 2.56 bits per heavy atom. The summed E-state index contributed by atoms with van der Waals surface area (Å²) in [5.41, 5.74) is 1.64. The van der Waals surface area contributed by atoms with Crippen LogP contribution in [0.2, 0.25) is 0 Å². The number of hydrogen-bond donors (Lipinski definition) is 1. The van der Waals surface area contributed by atoms with E-state index in [0.29, 0.717) is 16.9 Å². The molecule has 4 heteroatoms. The first kappa shape index (κ1) is 11.9. The van der Waals surface area contributed by atoms with Crippen molar-refractivity contribution in [3.8, 4) is 6.07 Å². The molecule has 0 radical (unpaired) electrons. The highest BCUT2D eigenvalue weighted by Gasteiger charge is 2.16. The molecule has 4 nitrogen and oxygen atoms in total. The second-order valence-corrected chi connectivity index (χ2v) is 3.92. The van der Waals surface area contributed by atoms with Crippen LogP contribution in [0, 0.1) is 25.2 Å². The van der Waals surface area contributed by atoms with Gasteiger partial charge in [-0.2, -0.15) is 5.26 Å². The van der Waals surface area contributed by atoms with Crippen LogP contribution >= 0.6 is 0 Å². The monoisotopic (exact) mass is 240 g/mol. The largest absolute Gasteiger partial charge is 0.444 e. The van der Waals surface area contributed by atoms with Gasteiger partial charge in [0.15, 0.2) is 0 Å². The molecule has 0 aliphatic heterocycles. The predicted octanol–water partition coefficient (Wildman–Crippen LogP) is 3.02. The van der Waals surface area contributed by atoms with Crippen molar-refractivity contribution in [3.05, 3.63) is 52.8 Å². The second kappa shape index (κ2) is 4.76. The number of nitrogens with one attached hydrogen (secondary N) is 1. The summed E-state index contributed by atoms with van der Waals surface area (Å²) in [7, 11) is 0. The van der Waals surface area contributed by atoms with E-state index in [9.17, 15) is 4.79 Å². The van der Waals surface area contributed by atoms with Gasteiger partial charge in [0.1, 0.15) is 17.4 Å². The van der Waals surface area contributed by atoms with Gasteiger partial charge in [0.05, 0.1) is 0 Å². The van der Waals surface area contributed by atoms with Crippen molar-refractivity contribution < 1.29 is 9.21 Å². The quantitative estimate of drug-likeness (QED) is 0.877. The van der Waals surface area contributed by atoms with Crippen molar-refractivity contribution in [2.45, 2.75) is 13.8 Å². The van der Waals surface area contributed by atoms with E-state index in [2.05, 4.69) is 5.32 Å². The normalized spacial score (nSPS) is 9.83. The number of aryl methyl sites for hydroxylation is 1. The van der Waals surface area contributed by atoms with Gasteiger partial charge in [0, 0.05) is 11.1 Å². The zero-order chi connectivity index (χ0) is 13.1. The zero-order valence-electron chi connectivity index (χ0n) is 10.2. The van der Waals surface area contributed by atoms with Gasteiger partial charge >= 0.3 is 0 Å². The molecule has 0 saturated carbocycles. The number of carbonyl (C=O) groups excluding carboxylic acids is 1. The van der Waals surface area contributed by atoms with Gasteiger partial charge in [0.2, 0.25) is 5.88 Å². The summed E-state index contributed by atoms with van der Waals surface area (Å²) < 4.78 is 5.37. The van der Waals surface area contributed by atoms with Gasteiger partial charge in [-0.3, -0.25) is 10.1 Å². The number of nitriles is 1. The van der Waals surface area contributed by atoms with Gasteiger partial charge < -0.3 is 4.42 Å². The van der Waals surface area contributed by atoms with Gasteiger partial charge in [-0.15, -0.1) is 0 Å². The molecule has 18 heavy (non-hydrogen) atoms. The molecule has 0 atom stereocenters. The number of nitrogens with zero attached hydrogens (tertiary/aromatic N) is 1. The number of hydrogen-bond acceptors (Lipinski definition) is 3. The third-order valence-electron chi connectivity index (χ3n) is 2.76. The zero-order valence-corrected chi connectivity index (χ0v) is 10.2. The van der Waals surface area contributed by atoms with Crippen molar-refractivity contribution >= 4 is 11.8 Å². The van der Waals surface area contributed by atoms with Gasteiger partial charge in [-0.1, -0.05) is 18.2 Å². The van der Waals surface area contributed by atoms with E-state index in [1.54, 1.807) is 38.1 Å². The number of benzene rings is 1. The highest BCUT2D eigenvalue weighted by atomic mass is 16.4. The topological polar surface area (TPSA) is 66.0 Å². The summed E-state index contributed by atoms with van der Waals surface area (Å²) in [6.45, 7) is 3.55. The standard InChI is InChI=1S/C14H12N2O2/c1-9-10(2)18-14(12(9)8-15)16-13(17)11-6-4-3-5-7-11/h3-7H,1-2H3,(H,16,17). The lowest BCUT2D eigenvalue weighted by molar-refractivity contribution is 0.102. The van der Waals surface area contributed by atoms with E-state index in [1.807, 2.05) is 12.1 Å². The average molecular weight is 240 g/mol. The van der Waals surface area contributed by atoms with Crippen LogP contribution in [0.25, 0.3) is 0 Å². The van der Waals surface area contributed by atoms with Crippen LogP contribution < -0.4 is 5.32 Å². The minimum atomic E-state index is -0.291. The van der Waals surface area contributed by atoms with Crippen molar-refractivity contribution in [1.29, 1.82) is 5.26 Å². The van der Waals surface area contributed by atoms with Crippen molar-refractivity contribution in [2.24, 2.45) is 0 Å². The smallest absolute Gasteiger partial charge is 0.258 e. The molecule has 0 aliphatic rings. The fourth-order valence-corrected chi connectivity index (χ4v) is 1.61. The van der Waals surface area contributed by atoms with Gasteiger partial charge in [-0.25, -0.2) is 0 Å². The molecule has 1 aromatic carbocycles. The maximum atomic E-state index is 11.9. The highest BCUT2D eigenvalue weighted by Crippen LogP contribution is 2.25. The molecule has 0 spiro atoms. The summed E-state index contributed by atoms with van der Waals surface area (Å²) in [6, 6.07) is 10.8. The Labute approximate surface area is 105 Å². The van der Waals surface area contributed by atoms with E-state index >= 15 is 0 Å². The van der Waals surface area contributed by atoms with Crippen molar-refractivity contribution in [3.63, 3.8) is 0 Å². The first-order chi connectivity index (χ1) is 8.63. The Balaban J connectivity index is 2.28. The van der Waals surface area contributed by atoms with Crippen LogP contribution in [0.5, 0.6) is 0 Å². The second-order valence-electron chi connectivity index (χ2n) is 3.92. The lowest BCUT2D eigenvalue weighted by Crippen LogP contribution is -2.11. The number of rotatable bonds is 2. The van der Waals surface area contributed by atoms with Crippen LogP contribution in [0.1, 0.15) is 27.2 Å². The van der Waals surface area contributed by atoms with Crippen LogP contribution in [0.15, 0.2) is 34.7 Å². The maximum absolute atomic E-state index is 11.9. The molecule has 0 bridgehead atoms. The first-order valence-electron chi connectivity index (χ1n) is 5.50.